The van der Waals surface area contributed by atoms with Crippen molar-refractivity contribution < 1.29 is 0 Å². The van der Waals surface area contributed by atoms with Crippen molar-refractivity contribution in [1.82, 2.24) is 0 Å². The Morgan fingerprint density at radius 2 is 1.00 bits per heavy atom. The van der Waals surface area contributed by atoms with Crippen LogP contribution >= 0.6 is 0 Å². The van der Waals surface area contributed by atoms with Crippen molar-refractivity contribution in [2.75, 3.05) is 10.6 Å². The van der Waals surface area contributed by atoms with Gasteiger partial charge in [-0.25, -0.2) is 4.99 Å². The van der Waals surface area contributed by atoms with E-state index in [1.54, 1.807) is 0 Å². The van der Waals surface area contributed by atoms with Gasteiger partial charge in [0.05, 0.1) is 11.4 Å². The summed E-state index contributed by atoms with van der Waals surface area (Å²) >= 11 is 0. The van der Waals surface area contributed by atoms with Crippen molar-refractivity contribution >= 4 is 39.7 Å². The fraction of sp³-hybridized carbons (Fsp3) is 0.0263. The number of hydrogen-bond donors (Lipinski definition) is 2. The Kier molecular flexibility index (Phi) is 7.68. The van der Waals surface area contributed by atoms with Gasteiger partial charge in [0.25, 0.3) is 0 Å². The summed E-state index contributed by atoms with van der Waals surface area (Å²) in [5.41, 5.74) is 12.0. The molecule has 1 aliphatic carbocycles. The molecule has 0 aromatic heterocycles. The highest BCUT2D eigenvalue weighted by atomic mass is 14.9. The van der Waals surface area contributed by atoms with Gasteiger partial charge in [-0.15, -0.1) is 0 Å². The number of rotatable bonds is 7. The number of nitrogens with one attached hydrogen (secondary N) is 2. The molecule has 0 aliphatic heterocycles. The summed E-state index contributed by atoms with van der Waals surface area (Å²) in [7, 11) is 0. The van der Waals surface area contributed by atoms with Gasteiger partial charge in [-0.1, -0.05) is 84.9 Å². The van der Waals surface area contributed by atoms with E-state index in [-0.39, 0.29) is 0 Å². The van der Waals surface area contributed by atoms with Crippen LogP contribution in [0.5, 0.6) is 0 Å². The molecule has 0 bridgehead atoms. The first kappa shape index (κ1) is 25.8. The van der Waals surface area contributed by atoms with Crippen molar-refractivity contribution in [3.05, 3.63) is 180 Å². The van der Waals surface area contributed by atoms with Crippen LogP contribution in [0.15, 0.2) is 168 Å². The summed E-state index contributed by atoms with van der Waals surface area (Å²) in [6, 6.07) is 46.0. The molecule has 1 aliphatic rings. The van der Waals surface area contributed by atoms with E-state index in [2.05, 4.69) is 127 Å². The summed E-state index contributed by atoms with van der Waals surface area (Å²) in [6.45, 7) is 2.11. The maximum Gasteiger partial charge on any atom is 0.0637 e. The van der Waals surface area contributed by atoms with Crippen molar-refractivity contribution in [2.45, 2.75) is 6.92 Å². The lowest BCUT2D eigenvalue weighted by Gasteiger charge is -2.16. The molecule has 5 aromatic rings. The molecule has 3 heteroatoms. The van der Waals surface area contributed by atoms with E-state index >= 15 is 0 Å². The van der Waals surface area contributed by atoms with E-state index in [4.69, 9.17) is 4.99 Å². The van der Waals surface area contributed by atoms with Crippen LogP contribution in [-0.2, 0) is 0 Å². The first-order valence-electron chi connectivity index (χ1n) is 13.8. The molecule has 0 heterocycles. The number of benzene rings is 5. The third-order valence-corrected chi connectivity index (χ3v) is 6.89. The number of aliphatic imine (C=N–C) groups is 1. The van der Waals surface area contributed by atoms with E-state index in [9.17, 15) is 0 Å². The summed E-state index contributed by atoms with van der Waals surface area (Å²) in [5, 5.41) is 7.01. The second-order valence-electron chi connectivity index (χ2n) is 10.0. The molecule has 41 heavy (non-hydrogen) atoms. The third-order valence-electron chi connectivity index (χ3n) is 6.89. The largest absolute Gasteiger partial charge is 0.356 e. The minimum absolute atomic E-state index is 0.930. The molecule has 0 saturated carbocycles. The molecule has 0 amide bonds. The van der Waals surface area contributed by atoms with E-state index in [0.717, 1.165) is 50.8 Å². The van der Waals surface area contributed by atoms with E-state index in [0.29, 0.717) is 0 Å². The molecule has 2 N–H and O–H groups in total. The fourth-order valence-corrected chi connectivity index (χ4v) is 4.87. The summed E-state index contributed by atoms with van der Waals surface area (Å²) in [5.74, 6) is 0. The molecule has 5 aromatic carbocycles. The zero-order chi connectivity index (χ0) is 27.9. The van der Waals surface area contributed by atoms with Gasteiger partial charge in [-0.3, -0.25) is 0 Å². The number of para-hydroxylation sites is 2. The van der Waals surface area contributed by atoms with Gasteiger partial charge in [-0.05, 0) is 108 Å². The van der Waals surface area contributed by atoms with Crippen LogP contribution in [0.4, 0.5) is 28.4 Å². The van der Waals surface area contributed by atoms with Crippen LogP contribution in [0, 0.1) is 6.92 Å². The van der Waals surface area contributed by atoms with E-state index < -0.39 is 0 Å². The lowest BCUT2D eigenvalue weighted by Crippen LogP contribution is -1.99. The van der Waals surface area contributed by atoms with Crippen LogP contribution in [0.3, 0.4) is 0 Å². The second kappa shape index (κ2) is 12.2. The highest BCUT2D eigenvalue weighted by Gasteiger charge is 2.12. The smallest absolute Gasteiger partial charge is 0.0637 e. The number of anilines is 4. The molecule has 6 rings (SSSR count). The fourth-order valence-electron chi connectivity index (χ4n) is 4.87. The first-order chi connectivity index (χ1) is 20.2. The van der Waals surface area contributed by atoms with Crippen LogP contribution in [0.2, 0.25) is 0 Å². The molecule has 3 nitrogen and oxygen atoms in total. The Hall–Kier alpha value is -5.41. The monoisotopic (exact) mass is 529 g/mol. The Bertz CT molecular complexity index is 1720. The highest BCUT2D eigenvalue weighted by Crippen LogP contribution is 2.32. The second-order valence-corrected chi connectivity index (χ2v) is 10.0. The molecule has 0 unspecified atom stereocenters. The SMILES string of the molecule is Cc1cccc(Nc2ccc(C(=C3C=CC(=Nc4ccccc4)C=C3)c3ccc(Nc4ccccc4)cc3)cc2)c1. The van der Waals surface area contributed by atoms with Gasteiger partial charge in [0, 0.05) is 22.7 Å². The quantitative estimate of drug-likeness (QED) is 0.220. The Morgan fingerprint density at radius 3 is 1.59 bits per heavy atom. The van der Waals surface area contributed by atoms with Gasteiger partial charge >= 0.3 is 0 Å². The third kappa shape index (κ3) is 6.60. The van der Waals surface area contributed by atoms with Crippen molar-refractivity contribution in [2.24, 2.45) is 4.99 Å². The van der Waals surface area contributed by atoms with E-state index in [1.807, 2.05) is 48.5 Å². The van der Waals surface area contributed by atoms with Crippen LogP contribution in [0.25, 0.3) is 5.57 Å². The van der Waals surface area contributed by atoms with Gasteiger partial charge in [-0.2, -0.15) is 0 Å². The average molecular weight is 530 g/mol. The van der Waals surface area contributed by atoms with Gasteiger partial charge in [0.15, 0.2) is 0 Å². The highest BCUT2D eigenvalue weighted by molar-refractivity contribution is 6.08. The predicted octanol–water partition coefficient (Wildman–Crippen LogP) is 10.2. The molecular formula is C38H31N3. The predicted molar refractivity (Wildman–Crippen MR) is 175 cm³/mol. The van der Waals surface area contributed by atoms with Gasteiger partial charge < -0.3 is 10.6 Å². The number of allylic oxidation sites excluding steroid dienone is 5. The lowest BCUT2D eigenvalue weighted by molar-refractivity contribution is 1.44. The zero-order valence-corrected chi connectivity index (χ0v) is 23.0. The Balaban J connectivity index is 1.32. The summed E-state index contributed by atoms with van der Waals surface area (Å²) in [6.07, 6.45) is 8.49. The zero-order valence-electron chi connectivity index (χ0n) is 23.0. The van der Waals surface area contributed by atoms with Gasteiger partial charge in [0.2, 0.25) is 0 Å². The molecule has 0 saturated heterocycles. The Morgan fingerprint density at radius 1 is 0.488 bits per heavy atom. The van der Waals surface area contributed by atoms with Crippen LogP contribution in [-0.4, -0.2) is 5.71 Å². The first-order valence-corrected chi connectivity index (χ1v) is 13.8. The number of aryl methyl sites for hydroxylation is 1. The molecule has 0 fully saturated rings. The van der Waals surface area contributed by atoms with Crippen LogP contribution < -0.4 is 10.6 Å². The standard InChI is InChI=1S/C38H31N3/c1-28-9-8-14-37(27-28)41-36-25-19-31(20-26-36)38(29-15-21-34(22-16-29)39-32-10-4-2-5-11-32)30-17-23-35(24-18-30)40-33-12-6-3-7-13-33/h2-27,39,41H,1H3. The molecule has 0 atom stereocenters. The molecule has 198 valence electrons. The average Bonchev–Trinajstić information content (AvgIpc) is 3.01. The van der Waals surface area contributed by atoms with Crippen molar-refractivity contribution in [3.63, 3.8) is 0 Å². The maximum absolute atomic E-state index is 4.77. The van der Waals surface area contributed by atoms with Gasteiger partial charge in [0.1, 0.15) is 0 Å². The number of nitrogens with zero attached hydrogens (tertiary/aromatic N) is 1. The van der Waals surface area contributed by atoms with E-state index in [1.165, 1.54) is 11.1 Å². The van der Waals surface area contributed by atoms with Crippen molar-refractivity contribution in [3.8, 4) is 0 Å². The van der Waals surface area contributed by atoms with Crippen LogP contribution in [0.1, 0.15) is 16.7 Å². The molecule has 0 spiro atoms. The topological polar surface area (TPSA) is 36.4 Å². The summed E-state index contributed by atoms with van der Waals surface area (Å²) in [4.78, 5) is 4.77. The van der Waals surface area contributed by atoms with Crippen molar-refractivity contribution in [1.29, 1.82) is 0 Å². The Labute approximate surface area is 241 Å². The molecular weight excluding hydrogens is 498 g/mol. The summed E-state index contributed by atoms with van der Waals surface area (Å²) < 4.78 is 0. The minimum atomic E-state index is 0.930. The lowest BCUT2D eigenvalue weighted by atomic mass is 9.90. The number of hydrogen-bond acceptors (Lipinski definition) is 3. The normalized spacial score (nSPS) is 12.2. The maximum atomic E-state index is 4.77. The molecule has 0 radical (unpaired) electrons. The minimum Gasteiger partial charge on any atom is -0.356 e.